The molecule has 5 nitrogen and oxygen atoms in total. The lowest BCUT2D eigenvalue weighted by Gasteiger charge is -2.05. The van der Waals surface area contributed by atoms with Crippen molar-refractivity contribution in [3.8, 4) is 11.5 Å². The standard InChI is InChI=1S/C13H13FN2O3S/c1-8(6-12(17)18)20-7-11-15-13(19-16-11)9-2-4-10(14)5-3-9/h2-5,8H,6-7H2,1H3,(H,17,18). The van der Waals surface area contributed by atoms with E-state index in [1.807, 2.05) is 6.92 Å². The van der Waals surface area contributed by atoms with Crippen LogP contribution in [0.1, 0.15) is 19.2 Å². The summed E-state index contributed by atoms with van der Waals surface area (Å²) in [5, 5.41) is 12.5. The normalized spacial score (nSPS) is 12.3. The van der Waals surface area contributed by atoms with E-state index in [9.17, 15) is 9.18 Å². The van der Waals surface area contributed by atoms with Crippen molar-refractivity contribution in [1.82, 2.24) is 10.1 Å². The summed E-state index contributed by atoms with van der Waals surface area (Å²) >= 11 is 1.44. The Morgan fingerprint density at radius 2 is 2.15 bits per heavy atom. The summed E-state index contributed by atoms with van der Waals surface area (Å²) in [6.45, 7) is 1.83. The zero-order valence-electron chi connectivity index (χ0n) is 10.7. The number of thioether (sulfide) groups is 1. The number of carbonyl (C=O) groups is 1. The van der Waals surface area contributed by atoms with E-state index in [-0.39, 0.29) is 17.5 Å². The fraction of sp³-hybridized carbons (Fsp3) is 0.308. The minimum atomic E-state index is -0.829. The summed E-state index contributed by atoms with van der Waals surface area (Å²) in [7, 11) is 0. The third kappa shape index (κ3) is 4.06. The Hall–Kier alpha value is -1.89. The van der Waals surface area contributed by atoms with Crippen LogP contribution in [0.3, 0.4) is 0 Å². The minimum absolute atomic E-state index is 0.0275. The van der Waals surface area contributed by atoms with Gasteiger partial charge in [-0.2, -0.15) is 4.98 Å². The highest BCUT2D eigenvalue weighted by Gasteiger charge is 2.12. The number of aromatic nitrogens is 2. The largest absolute Gasteiger partial charge is 0.481 e. The zero-order valence-corrected chi connectivity index (χ0v) is 11.6. The Balaban J connectivity index is 1.95. The van der Waals surface area contributed by atoms with Gasteiger partial charge in [-0.15, -0.1) is 11.8 Å². The number of hydrogen-bond acceptors (Lipinski definition) is 5. The first kappa shape index (κ1) is 14.5. The summed E-state index contributed by atoms with van der Waals surface area (Å²) in [6, 6.07) is 5.77. The molecule has 0 aliphatic rings. The molecule has 1 unspecified atom stereocenters. The molecule has 0 fully saturated rings. The maximum atomic E-state index is 12.8. The second kappa shape index (κ2) is 6.51. The van der Waals surface area contributed by atoms with Gasteiger partial charge in [0.1, 0.15) is 5.82 Å². The van der Waals surface area contributed by atoms with Gasteiger partial charge in [0.25, 0.3) is 5.89 Å². The van der Waals surface area contributed by atoms with Crippen LogP contribution in [0.15, 0.2) is 28.8 Å². The quantitative estimate of drug-likeness (QED) is 0.883. The van der Waals surface area contributed by atoms with Crippen LogP contribution in [0.4, 0.5) is 4.39 Å². The molecule has 20 heavy (non-hydrogen) atoms. The van der Waals surface area contributed by atoms with Gasteiger partial charge in [0, 0.05) is 10.8 Å². The number of hydrogen-bond donors (Lipinski definition) is 1. The first-order valence-corrected chi connectivity index (χ1v) is 7.01. The molecule has 106 valence electrons. The molecule has 0 saturated carbocycles. The van der Waals surface area contributed by atoms with Gasteiger partial charge in [-0.25, -0.2) is 4.39 Å². The third-order valence-corrected chi connectivity index (χ3v) is 3.68. The topological polar surface area (TPSA) is 76.2 Å². The maximum Gasteiger partial charge on any atom is 0.304 e. The van der Waals surface area contributed by atoms with Crippen molar-refractivity contribution in [2.24, 2.45) is 0 Å². The average molecular weight is 296 g/mol. The summed E-state index contributed by atoms with van der Waals surface area (Å²) < 4.78 is 17.9. The Kier molecular flexibility index (Phi) is 4.73. The predicted octanol–water partition coefficient (Wildman–Crippen LogP) is 2.97. The molecular weight excluding hydrogens is 283 g/mol. The van der Waals surface area contributed by atoms with E-state index in [0.29, 0.717) is 23.0 Å². The van der Waals surface area contributed by atoms with Crippen molar-refractivity contribution in [1.29, 1.82) is 0 Å². The van der Waals surface area contributed by atoms with E-state index in [4.69, 9.17) is 9.63 Å². The molecule has 0 aliphatic carbocycles. The molecule has 1 N–H and O–H groups in total. The third-order valence-electron chi connectivity index (χ3n) is 2.52. The van der Waals surface area contributed by atoms with E-state index in [2.05, 4.69) is 10.1 Å². The van der Waals surface area contributed by atoms with E-state index in [1.54, 1.807) is 12.1 Å². The number of carboxylic acids is 1. The smallest absolute Gasteiger partial charge is 0.304 e. The minimum Gasteiger partial charge on any atom is -0.481 e. The molecule has 0 bridgehead atoms. The molecule has 2 aromatic rings. The van der Waals surface area contributed by atoms with Crippen LogP contribution in [-0.4, -0.2) is 26.5 Å². The van der Waals surface area contributed by atoms with Crippen LogP contribution >= 0.6 is 11.8 Å². The lowest BCUT2D eigenvalue weighted by molar-refractivity contribution is -0.136. The van der Waals surface area contributed by atoms with Gasteiger partial charge in [0.2, 0.25) is 0 Å². The molecule has 0 aliphatic heterocycles. The molecular formula is C13H13FN2O3S. The van der Waals surface area contributed by atoms with Gasteiger partial charge in [0.15, 0.2) is 5.82 Å². The zero-order chi connectivity index (χ0) is 14.5. The number of nitrogens with zero attached hydrogens (tertiary/aromatic N) is 2. The lowest BCUT2D eigenvalue weighted by atomic mass is 10.2. The van der Waals surface area contributed by atoms with Crippen molar-refractivity contribution in [3.63, 3.8) is 0 Å². The van der Waals surface area contributed by atoms with Gasteiger partial charge in [0.05, 0.1) is 12.2 Å². The number of halogens is 1. The molecule has 0 radical (unpaired) electrons. The van der Waals surface area contributed by atoms with Crippen molar-refractivity contribution >= 4 is 17.7 Å². The van der Waals surface area contributed by atoms with Crippen LogP contribution < -0.4 is 0 Å². The van der Waals surface area contributed by atoms with Gasteiger partial charge in [-0.1, -0.05) is 12.1 Å². The Morgan fingerprint density at radius 1 is 1.45 bits per heavy atom. The van der Waals surface area contributed by atoms with Gasteiger partial charge in [-0.3, -0.25) is 4.79 Å². The summed E-state index contributed by atoms with van der Waals surface area (Å²) in [5.41, 5.74) is 0.647. The Morgan fingerprint density at radius 3 is 2.80 bits per heavy atom. The van der Waals surface area contributed by atoms with Crippen LogP contribution in [-0.2, 0) is 10.5 Å². The molecule has 0 amide bonds. The van der Waals surface area contributed by atoms with E-state index >= 15 is 0 Å². The molecule has 2 rings (SSSR count). The van der Waals surface area contributed by atoms with E-state index in [0.717, 1.165) is 0 Å². The van der Waals surface area contributed by atoms with Gasteiger partial charge < -0.3 is 9.63 Å². The van der Waals surface area contributed by atoms with Gasteiger partial charge >= 0.3 is 5.97 Å². The molecule has 1 heterocycles. The van der Waals surface area contributed by atoms with Crippen molar-refractivity contribution < 1.29 is 18.8 Å². The van der Waals surface area contributed by atoms with Crippen molar-refractivity contribution in [2.75, 3.05) is 0 Å². The fourth-order valence-corrected chi connectivity index (χ4v) is 2.36. The van der Waals surface area contributed by atoms with Crippen molar-refractivity contribution in [3.05, 3.63) is 35.9 Å². The van der Waals surface area contributed by atoms with E-state index in [1.165, 1.54) is 23.9 Å². The van der Waals surface area contributed by atoms with Gasteiger partial charge in [-0.05, 0) is 24.3 Å². The molecule has 0 saturated heterocycles. The first-order chi connectivity index (χ1) is 9.54. The highest BCUT2D eigenvalue weighted by Crippen LogP contribution is 2.21. The highest BCUT2D eigenvalue weighted by atomic mass is 32.2. The number of rotatable bonds is 6. The molecule has 0 spiro atoms. The van der Waals surface area contributed by atoms with Crippen molar-refractivity contribution in [2.45, 2.75) is 24.3 Å². The van der Waals surface area contributed by atoms with Crippen LogP contribution in [0.2, 0.25) is 0 Å². The number of benzene rings is 1. The Labute approximate surface area is 119 Å². The highest BCUT2D eigenvalue weighted by molar-refractivity contribution is 7.99. The first-order valence-electron chi connectivity index (χ1n) is 5.96. The Bertz CT molecular complexity index is 586. The second-order valence-electron chi connectivity index (χ2n) is 4.24. The molecule has 7 heteroatoms. The average Bonchev–Trinajstić information content (AvgIpc) is 2.85. The molecule has 1 atom stereocenters. The summed E-state index contributed by atoms with van der Waals surface area (Å²) in [5.74, 6) is 0.133. The predicted molar refractivity (Wildman–Crippen MR) is 72.7 cm³/mol. The summed E-state index contributed by atoms with van der Waals surface area (Å²) in [4.78, 5) is 14.7. The van der Waals surface area contributed by atoms with E-state index < -0.39 is 5.97 Å². The second-order valence-corrected chi connectivity index (χ2v) is 5.67. The number of carboxylic acid groups (broad SMARTS) is 1. The monoisotopic (exact) mass is 296 g/mol. The SMILES string of the molecule is CC(CC(=O)O)SCc1noc(-c2ccc(F)cc2)n1. The van der Waals surface area contributed by atoms with Crippen LogP contribution in [0, 0.1) is 5.82 Å². The molecule has 1 aromatic heterocycles. The lowest BCUT2D eigenvalue weighted by Crippen LogP contribution is -2.06. The van der Waals surface area contributed by atoms with Crippen LogP contribution in [0.25, 0.3) is 11.5 Å². The summed E-state index contributed by atoms with van der Waals surface area (Å²) in [6.07, 6.45) is 0.0906. The molecule has 1 aromatic carbocycles. The number of aliphatic carboxylic acids is 1. The maximum absolute atomic E-state index is 12.8. The van der Waals surface area contributed by atoms with Crippen LogP contribution in [0.5, 0.6) is 0 Å². The fourth-order valence-electron chi connectivity index (χ4n) is 1.54.